The molecule has 1 aromatic carbocycles. The molecule has 25 heavy (non-hydrogen) atoms. The topological polar surface area (TPSA) is 46.3 Å². The second kappa shape index (κ2) is 7.29. The number of hydrogen-bond donors (Lipinski definition) is 0. The molecule has 1 aromatic heterocycles. The number of alkyl halides is 3. The summed E-state index contributed by atoms with van der Waals surface area (Å²) >= 11 is 0. The van der Waals surface area contributed by atoms with Gasteiger partial charge in [-0.25, -0.2) is 0 Å². The first-order chi connectivity index (χ1) is 11.6. The number of amides is 1. The van der Waals surface area contributed by atoms with Crippen LogP contribution in [0.3, 0.4) is 0 Å². The van der Waals surface area contributed by atoms with Crippen LogP contribution in [0.15, 0.2) is 28.8 Å². The van der Waals surface area contributed by atoms with E-state index in [-0.39, 0.29) is 18.2 Å². The van der Waals surface area contributed by atoms with Crippen LogP contribution in [-0.2, 0) is 17.5 Å². The van der Waals surface area contributed by atoms with Gasteiger partial charge in [-0.3, -0.25) is 4.79 Å². The van der Waals surface area contributed by atoms with Crippen LogP contribution in [0, 0.1) is 13.8 Å². The van der Waals surface area contributed by atoms with E-state index in [4.69, 9.17) is 4.52 Å². The van der Waals surface area contributed by atoms with E-state index in [0.717, 1.165) is 23.4 Å². The molecule has 0 aliphatic heterocycles. The minimum atomic E-state index is -4.36. The van der Waals surface area contributed by atoms with Gasteiger partial charge >= 0.3 is 6.18 Å². The zero-order valence-electron chi connectivity index (χ0n) is 14.6. The van der Waals surface area contributed by atoms with Gasteiger partial charge in [0, 0.05) is 19.0 Å². The lowest BCUT2D eigenvalue weighted by molar-refractivity contribution is -0.137. The van der Waals surface area contributed by atoms with Crippen molar-refractivity contribution in [3.05, 3.63) is 52.4 Å². The van der Waals surface area contributed by atoms with Crippen LogP contribution in [0.1, 0.15) is 47.4 Å². The van der Waals surface area contributed by atoms with Gasteiger partial charge in [0.1, 0.15) is 5.76 Å². The smallest absolute Gasteiger partial charge is 0.361 e. The highest BCUT2D eigenvalue weighted by atomic mass is 19.4. The van der Waals surface area contributed by atoms with Crippen LogP contribution in [0.4, 0.5) is 13.2 Å². The van der Waals surface area contributed by atoms with Gasteiger partial charge in [0.2, 0.25) is 5.91 Å². The molecule has 0 spiro atoms. The molecular formula is C18H21F3N2O2. The second-order valence-corrected chi connectivity index (χ2v) is 6.28. The van der Waals surface area contributed by atoms with Crippen molar-refractivity contribution in [3.63, 3.8) is 0 Å². The largest absolute Gasteiger partial charge is 0.416 e. The fourth-order valence-corrected chi connectivity index (χ4v) is 2.59. The number of aromatic nitrogens is 1. The molecule has 136 valence electrons. The fourth-order valence-electron chi connectivity index (χ4n) is 2.59. The van der Waals surface area contributed by atoms with Crippen LogP contribution in [-0.4, -0.2) is 23.0 Å². The number of aryl methyl sites for hydroxylation is 2. The summed E-state index contributed by atoms with van der Waals surface area (Å²) in [7, 11) is 1.69. The predicted octanol–water partition coefficient (Wildman–Crippen LogP) is 4.46. The van der Waals surface area contributed by atoms with E-state index in [0.29, 0.717) is 17.9 Å². The van der Waals surface area contributed by atoms with Crippen LogP contribution in [0.25, 0.3) is 0 Å². The van der Waals surface area contributed by atoms with Crippen molar-refractivity contribution < 1.29 is 22.5 Å². The molecule has 4 nitrogen and oxygen atoms in total. The van der Waals surface area contributed by atoms with Crippen LogP contribution in [0.5, 0.6) is 0 Å². The number of halogens is 3. The van der Waals surface area contributed by atoms with Crippen LogP contribution in [0.2, 0.25) is 0 Å². The second-order valence-electron chi connectivity index (χ2n) is 6.28. The third kappa shape index (κ3) is 4.61. The predicted molar refractivity (Wildman–Crippen MR) is 86.9 cm³/mol. The summed E-state index contributed by atoms with van der Waals surface area (Å²) in [5.41, 5.74) is 1.63. The zero-order chi connectivity index (χ0) is 18.8. The first-order valence-corrected chi connectivity index (χ1v) is 7.92. The fraction of sp³-hybridized carbons (Fsp3) is 0.444. The molecule has 0 N–H and O–H groups in total. The van der Waals surface area contributed by atoms with Gasteiger partial charge in [-0.05, 0) is 37.5 Å². The minimum absolute atomic E-state index is 0.0904. The number of rotatable bonds is 5. The summed E-state index contributed by atoms with van der Waals surface area (Å²) < 4.78 is 42.9. The number of carbonyl (C=O) groups is 1. The average molecular weight is 354 g/mol. The summed E-state index contributed by atoms with van der Waals surface area (Å²) in [6, 6.07) is 4.94. The van der Waals surface area contributed by atoms with Gasteiger partial charge in [0.15, 0.2) is 0 Å². The molecule has 0 bridgehead atoms. The van der Waals surface area contributed by atoms with Gasteiger partial charge in [0.25, 0.3) is 0 Å². The number of hydrogen-bond acceptors (Lipinski definition) is 3. The molecule has 0 fully saturated rings. The highest BCUT2D eigenvalue weighted by Crippen LogP contribution is 2.30. The van der Waals surface area contributed by atoms with Gasteiger partial charge in [-0.2, -0.15) is 13.2 Å². The van der Waals surface area contributed by atoms with Crippen molar-refractivity contribution in [3.8, 4) is 0 Å². The summed E-state index contributed by atoms with van der Waals surface area (Å²) in [6.45, 7) is 5.82. The van der Waals surface area contributed by atoms with Crippen LogP contribution >= 0.6 is 0 Å². The lowest BCUT2D eigenvalue weighted by Crippen LogP contribution is -2.27. The molecule has 1 heterocycles. The Morgan fingerprint density at radius 3 is 2.32 bits per heavy atom. The molecule has 2 rings (SSSR count). The van der Waals surface area contributed by atoms with Crippen molar-refractivity contribution in [1.29, 1.82) is 0 Å². The van der Waals surface area contributed by atoms with E-state index in [1.807, 2.05) is 13.8 Å². The molecule has 0 aliphatic carbocycles. The maximum absolute atomic E-state index is 12.6. The Hall–Kier alpha value is -2.31. The Labute approximate surface area is 144 Å². The summed E-state index contributed by atoms with van der Waals surface area (Å²) in [5.74, 6) is 0.405. The standard InChI is InChI=1S/C18H21F3N2O2/c1-11(14-5-7-15(8-6-14)18(19,20)21)9-17(24)23(4)10-16-12(2)22-25-13(16)3/h5-8,11H,9-10H2,1-4H3. The maximum Gasteiger partial charge on any atom is 0.416 e. The van der Waals surface area contributed by atoms with Crippen molar-refractivity contribution in [2.45, 2.75) is 45.8 Å². The monoisotopic (exact) mass is 354 g/mol. The molecule has 1 unspecified atom stereocenters. The number of nitrogens with zero attached hydrogens (tertiary/aromatic N) is 2. The van der Waals surface area contributed by atoms with E-state index < -0.39 is 11.7 Å². The van der Waals surface area contributed by atoms with Gasteiger partial charge in [-0.15, -0.1) is 0 Å². The van der Waals surface area contributed by atoms with Gasteiger partial charge in [-0.1, -0.05) is 24.2 Å². The van der Waals surface area contributed by atoms with Crippen molar-refractivity contribution in [1.82, 2.24) is 10.1 Å². The molecule has 0 aliphatic rings. The van der Waals surface area contributed by atoms with Gasteiger partial charge in [0.05, 0.1) is 17.8 Å². The third-order valence-corrected chi connectivity index (χ3v) is 4.29. The summed E-state index contributed by atoms with van der Waals surface area (Å²) in [5, 5.41) is 3.86. The Morgan fingerprint density at radius 1 is 1.24 bits per heavy atom. The Morgan fingerprint density at radius 2 is 1.84 bits per heavy atom. The minimum Gasteiger partial charge on any atom is -0.361 e. The molecule has 0 saturated heterocycles. The highest BCUT2D eigenvalue weighted by molar-refractivity contribution is 5.76. The van der Waals surface area contributed by atoms with E-state index in [1.54, 1.807) is 18.9 Å². The third-order valence-electron chi connectivity index (χ3n) is 4.29. The average Bonchev–Trinajstić information content (AvgIpc) is 2.86. The van der Waals surface area contributed by atoms with E-state index in [1.165, 1.54) is 12.1 Å². The number of benzene rings is 1. The molecule has 7 heteroatoms. The molecule has 1 atom stereocenters. The highest BCUT2D eigenvalue weighted by Gasteiger charge is 2.30. The molecule has 0 saturated carbocycles. The van der Waals surface area contributed by atoms with Crippen molar-refractivity contribution in [2.75, 3.05) is 7.05 Å². The van der Waals surface area contributed by atoms with E-state index in [2.05, 4.69) is 5.16 Å². The number of carbonyl (C=O) groups excluding carboxylic acids is 1. The quantitative estimate of drug-likeness (QED) is 0.796. The SMILES string of the molecule is Cc1noc(C)c1CN(C)C(=O)CC(C)c1ccc(C(F)(F)F)cc1. The molecular weight excluding hydrogens is 333 g/mol. The van der Waals surface area contributed by atoms with Gasteiger partial charge < -0.3 is 9.42 Å². The molecule has 0 radical (unpaired) electrons. The zero-order valence-corrected chi connectivity index (χ0v) is 14.6. The Balaban J connectivity index is 1.99. The summed E-state index contributed by atoms with van der Waals surface area (Å²) in [4.78, 5) is 14.0. The Bertz CT molecular complexity index is 716. The van der Waals surface area contributed by atoms with E-state index >= 15 is 0 Å². The molecule has 1 amide bonds. The summed E-state index contributed by atoms with van der Waals surface area (Å²) in [6.07, 6.45) is -4.14. The first kappa shape index (κ1) is 19.0. The Kier molecular flexibility index (Phi) is 5.55. The lowest BCUT2D eigenvalue weighted by Gasteiger charge is -2.20. The van der Waals surface area contributed by atoms with E-state index in [9.17, 15) is 18.0 Å². The first-order valence-electron chi connectivity index (χ1n) is 7.92. The normalized spacial score (nSPS) is 12.9. The maximum atomic E-state index is 12.6. The van der Waals surface area contributed by atoms with Crippen molar-refractivity contribution >= 4 is 5.91 Å². The van der Waals surface area contributed by atoms with Crippen molar-refractivity contribution in [2.24, 2.45) is 0 Å². The van der Waals surface area contributed by atoms with Crippen LogP contribution < -0.4 is 0 Å². The lowest BCUT2D eigenvalue weighted by atomic mass is 9.96. The molecule has 2 aromatic rings.